The third-order valence-corrected chi connectivity index (χ3v) is 4.49. The minimum Gasteiger partial charge on any atom is -0.405 e. The van der Waals surface area contributed by atoms with E-state index in [0.717, 1.165) is 12.0 Å². The molecule has 0 saturated carbocycles. The third kappa shape index (κ3) is 2.44. The lowest BCUT2D eigenvalue weighted by atomic mass is 9.81. The molecule has 21 heavy (non-hydrogen) atoms. The quantitative estimate of drug-likeness (QED) is 0.613. The highest BCUT2D eigenvalue weighted by atomic mass is 16.6. The standard InChI is InChI=1S/C18H19NO2/c1-12-9-10-14(18(12,2)3)11-15-17(20)21-16(19-15)13-7-5-4-6-8-13/h4-9,11,15H,10H2,1-3H3/b14-11-. The highest BCUT2D eigenvalue weighted by Gasteiger charge is 2.34. The number of esters is 1. The number of benzene rings is 1. The number of rotatable bonds is 2. The van der Waals surface area contributed by atoms with Gasteiger partial charge in [-0.3, -0.25) is 0 Å². The summed E-state index contributed by atoms with van der Waals surface area (Å²) >= 11 is 0. The summed E-state index contributed by atoms with van der Waals surface area (Å²) in [6, 6.07) is 9.01. The second kappa shape index (κ2) is 4.99. The second-order valence-corrected chi connectivity index (χ2v) is 6.07. The van der Waals surface area contributed by atoms with Crippen LogP contribution < -0.4 is 0 Å². The third-order valence-electron chi connectivity index (χ3n) is 4.49. The van der Waals surface area contributed by atoms with Gasteiger partial charge < -0.3 is 4.74 Å². The number of allylic oxidation sites excluding steroid dienone is 3. The molecule has 3 rings (SSSR count). The lowest BCUT2D eigenvalue weighted by Gasteiger charge is -2.23. The monoisotopic (exact) mass is 281 g/mol. The van der Waals surface area contributed by atoms with E-state index in [1.807, 2.05) is 36.4 Å². The molecule has 0 aromatic heterocycles. The molecule has 1 aromatic rings. The number of ether oxygens (including phenoxy) is 1. The fraction of sp³-hybridized carbons (Fsp3) is 0.333. The molecule has 1 aromatic carbocycles. The lowest BCUT2D eigenvalue weighted by molar-refractivity contribution is -0.133. The summed E-state index contributed by atoms with van der Waals surface area (Å²) < 4.78 is 5.31. The van der Waals surface area contributed by atoms with Gasteiger partial charge in [-0.2, -0.15) is 0 Å². The molecule has 2 aliphatic rings. The van der Waals surface area contributed by atoms with Crippen molar-refractivity contribution in [3.05, 3.63) is 59.2 Å². The van der Waals surface area contributed by atoms with Crippen LogP contribution in [0.25, 0.3) is 0 Å². The van der Waals surface area contributed by atoms with Gasteiger partial charge in [-0.25, -0.2) is 9.79 Å². The van der Waals surface area contributed by atoms with Gasteiger partial charge in [-0.15, -0.1) is 0 Å². The van der Waals surface area contributed by atoms with Gasteiger partial charge in [0.05, 0.1) is 0 Å². The number of hydrogen-bond acceptors (Lipinski definition) is 3. The Morgan fingerprint density at radius 1 is 1.29 bits per heavy atom. The largest absolute Gasteiger partial charge is 0.405 e. The fourth-order valence-electron chi connectivity index (χ4n) is 2.67. The van der Waals surface area contributed by atoms with Crippen LogP contribution >= 0.6 is 0 Å². The molecule has 0 amide bonds. The smallest absolute Gasteiger partial charge is 0.341 e. The average Bonchev–Trinajstić information content (AvgIpc) is 2.95. The summed E-state index contributed by atoms with van der Waals surface area (Å²) in [5.41, 5.74) is 3.42. The van der Waals surface area contributed by atoms with E-state index in [1.54, 1.807) is 0 Å². The van der Waals surface area contributed by atoms with Crippen LogP contribution in [0.5, 0.6) is 0 Å². The Morgan fingerprint density at radius 2 is 2.00 bits per heavy atom. The van der Waals surface area contributed by atoms with E-state index >= 15 is 0 Å². The molecule has 108 valence electrons. The van der Waals surface area contributed by atoms with E-state index in [9.17, 15) is 4.79 Å². The Balaban J connectivity index is 1.88. The summed E-state index contributed by atoms with van der Waals surface area (Å²) in [6.45, 7) is 6.49. The maximum Gasteiger partial charge on any atom is 0.341 e. The molecule has 1 heterocycles. The zero-order valence-corrected chi connectivity index (χ0v) is 12.6. The maximum atomic E-state index is 12.0. The Bertz CT molecular complexity index is 666. The summed E-state index contributed by atoms with van der Waals surface area (Å²) in [4.78, 5) is 16.5. The molecular weight excluding hydrogens is 262 g/mol. The van der Waals surface area contributed by atoms with Crippen LogP contribution in [0.2, 0.25) is 0 Å². The molecule has 0 spiro atoms. The van der Waals surface area contributed by atoms with Gasteiger partial charge in [0.15, 0.2) is 6.04 Å². The molecule has 1 unspecified atom stereocenters. The molecule has 0 saturated heterocycles. The molecule has 0 N–H and O–H groups in total. The molecule has 1 atom stereocenters. The first kappa shape index (κ1) is 13.8. The SMILES string of the molecule is CC1=CC/C(=C/C2N=C(c3ccccc3)OC2=O)C1(C)C. The van der Waals surface area contributed by atoms with Crippen LogP contribution in [0.4, 0.5) is 0 Å². The van der Waals surface area contributed by atoms with Gasteiger partial charge in [0.2, 0.25) is 5.90 Å². The highest BCUT2D eigenvalue weighted by Crippen LogP contribution is 2.42. The van der Waals surface area contributed by atoms with E-state index in [0.29, 0.717) is 5.90 Å². The van der Waals surface area contributed by atoms with Crippen molar-refractivity contribution in [3.63, 3.8) is 0 Å². The summed E-state index contributed by atoms with van der Waals surface area (Å²) in [6.07, 6.45) is 5.07. The highest BCUT2D eigenvalue weighted by molar-refractivity contribution is 6.06. The van der Waals surface area contributed by atoms with Crippen LogP contribution in [0.1, 0.15) is 32.8 Å². The molecule has 0 bridgehead atoms. The maximum absolute atomic E-state index is 12.0. The zero-order chi connectivity index (χ0) is 15.0. The fourth-order valence-corrected chi connectivity index (χ4v) is 2.67. The zero-order valence-electron chi connectivity index (χ0n) is 12.6. The number of aliphatic imine (C=N–C) groups is 1. The summed E-state index contributed by atoms with van der Waals surface area (Å²) in [5.74, 6) is 0.129. The van der Waals surface area contributed by atoms with Crippen molar-refractivity contribution < 1.29 is 9.53 Å². The van der Waals surface area contributed by atoms with Crippen molar-refractivity contribution in [3.8, 4) is 0 Å². The Hall–Kier alpha value is -2.16. The predicted molar refractivity (Wildman–Crippen MR) is 83.1 cm³/mol. The number of carbonyl (C=O) groups excluding carboxylic acids is 1. The van der Waals surface area contributed by atoms with Crippen LogP contribution in [0.3, 0.4) is 0 Å². The first-order valence-electron chi connectivity index (χ1n) is 7.22. The minimum absolute atomic E-state index is 0.00526. The molecule has 1 aliphatic heterocycles. The van der Waals surface area contributed by atoms with Crippen LogP contribution in [-0.2, 0) is 9.53 Å². The van der Waals surface area contributed by atoms with Gasteiger partial charge in [0.25, 0.3) is 0 Å². The average molecular weight is 281 g/mol. The Kier molecular flexibility index (Phi) is 3.28. The van der Waals surface area contributed by atoms with Crippen molar-refractivity contribution >= 4 is 11.9 Å². The van der Waals surface area contributed by atoms with Gasteiger partial charge in [0.1, 0.15) is 0 Å². The topological polar surface area (TPSA) is 38.7 Å². The molecular formula is C18H19NO2. The van der Waals surface area contributed by atoms with Gasteiger partial charge in [-0.05, 0) is 31.6 Å². The van der Waals surface area contributed by atoms with Crippen molar-refractivity contribution in [1.29, 1.82) is 0 Å². The van der Waals surface area contributed by atoms with E-state index in [4.69, 9.17) is 4.74 Å². The van der Waals surface area contributed by atoms with Gasteiger partial charge >= 0.3 is 5.97 Å². The van der Waals surface area contributed by atoms with E-state index < -0.39 is 6.04 Å². The predicted octanol–water partition coefficient (Wildman–Crippen LogP) is 3.66. The molecule has 0 fully saturated rings. The van der Waals surface area contributed by atoms with Gasteiger partial charge in [-0.1, -0.05) is 49.3 Å². The minimum atomic E-state index is -0.520. The first-order valence-corrected chi connectivity index (χ1v) is 7.22. The van der Waals surface area contributed by atoms with E-state index in [1.165, 1.54) is 11.1 Å². The number of cyclic esters (lactones) is 1. The first-order chi connectivity index (χ1) is 9.98. The summed E-state index contributed by atoms with van der Waals surface area (Å²) in [7, 11) is 0. The van der Waals surface area contributed by atoms with Crippen LogP contribution in [0, 0.1) is 5.41 Å². The summed E-state index contributed by atoms with van der Waals surface area (Å²) in [5, 5.41) is 0. The molecule has 3 nitrogen and oxygen atoms in total. The van der Waals surface area contributed by atoms with Gasteiger partial charge in [0, 0.05) is 11.0 Å². The second-order valence-electron chi connectivity index (χ2n) is 6.07. The Morgan fingerprint density at radius 3 is 2.62 bits per heavy atom. The van der Waals surface area contributed by atoms with E-state index in [-0.39, 0.29) is 11.4 Å². The molecule has 0 radical (unpaired) electrons. The Labute approximate surface area is 125 Å². The lowest BCUT2D eigenvalue weighted by Crippen LogP contribution is -2.17. The normalized spacial score (nSPS) is 25.8. The number of nitrogens with zero attached hydrogens (tertiary/aromatic N) is 1. The van der Waals surface area contributed by atoms with Crippen molar-refractivity contribution in [2.24, 2.45) is 10.4 Å². The van der Waals surface area contributed by atoms with Crippen molar-refractivity contribution in [2.45, 2.75) is 33.2 Å². The van der Waals surface area contributed by atoms with Crippen molar-refractivity contribution in [2.75, 3.05) is 0 Å². The van der Waals surface area contributed by atoms with E-state index in [2.05, 4.69) is 31.8 Å². The van der Waals surface area contributed by atoms with Crippen molar-refractivity contribution in [1.82, 2.24) is 0 Å². The number of carbonyl (C=O) groups is 1. The molecule has 1 aliphatic carbocycles. The van der Waals surface area contributed by atoms with Crippen LogP contribution in [-0.4, -0.2) is 17.9 Å². The number of hydrogen-bond donors (Lipinski definition) is 0. The van der Waals surface area contributed by atoms with Crippen LogP contribution in [0.15, 0.2) is 58.6 Å². The molecule has 3 heteroatoms.